The second-order valence-electron chi connectivity index (χ2n) is 18.5. The molecule has 2 nitrogen and oxygen atoms in total. The molecule has 0 spiro atoms. The SMILES string of the molecule is CC#CCOc1ccc2cc(C3(c4ccc(Sc5ccc(C6(c7ccc8cc(OCC#CC)ccc8c7)c7ccccc7C=Cc7ccccc76)cc5)cc4)c4ccccc4C=Cc4ccccc43)ccc2c1. The van der Waals surface area contributed by atoms with Crippen molar-refractivity contribution < 1.29 is 9.47 Å². The summed E-state index contributed by atoms with van der Waals surface area (Å²) in [5.41, 5.74) is 13.4. The van der Waals surface area contributed by atoms with Crippen molar-refractivity contribution in [3.05, 3.63) is 285 Å². The Morgan fingerprint density at radius 1 is 0.342 bits per heavy atom. The molecule has 0 atom stereocenters. The first kappa shape index (κ1) is 45.4. The van der Waals surface area contributed by atoms with Gasteiger partial charge in [-0.3, -0.25) is 0 Å². The molecular weight excluding hydrogens is 905 g/mol. The monoisotopic (exact) mass is 954 g/mol. The van der Waals surface area contributed by atoms with Crippen LogP contribution in [0.3, 0.4) is 0 Å². The first-order valence-electron chi connectivity index (χ1n) is 24.8. The highest BCUT2D eigenvalue weighted by Crippen LogP contribution is 2.52. The summed E-state index contributed by atoms with van der Waals surface area (Å²) >= 11 is 1.79. The third-order valence-corrected chi connectivity index (χ3v) is 15.6. The number of benzene rings is 10. The molecule has 10 aromatic rings. The molecule has 0 amide bonds. The van der Waals surface area contributed by atoms with Gasteiger partial charge in [0.2, 0.25) is 0 Å². The average molecular weight is 955 g/mol. The molecule has 2 aliphatic rings. The molecule has 0 saturated heterocycles. The van der Waals surface area contributed by atoms with Crippen molar-refractivity contribution in [2.75, 3.05) is 13.2 Å². The minimum Gasteiger partial charge on any atom is -0.481 e. The van der Waals surface area contributed by atoms with Crippen LogP contribution in [0.15, 0.2) is 228 Å². The second kappa shape index (κ2) is 19.5. The van der Waals surface area contributed by atoms with Gasteiger partial charge in [0, 0.05) is 9.79 Å². The molecule has 2 aliphatic carbocycles. The normalized spacial score (nSPS) is 13.4. The molecule has 0 aromatic heterocycles. The number of hydrogen-bond acceptors (Lipinski definition) is 3. The van der Waals surface area contributed by atoms with E-state index in [2.05, 4.69) is 266 Å². The molecule has 0 aliphatic heterocycles. The van der Waals surface area contributed by atoms with Crippen molar-refractivity contribution in [1.82, 2.24) is 0 Å². The van der Waals surface area contributed by atoms with E-state index in [4.69, 9.17) is 9.47 Å². The van der Waals surface area contributed by atoms with Crippen molar-refractivity contribution >= 4 is 57.6 Å². The Bertz CT molecular complexity index is 3570. The summed E-state index contributed by atoms with van der Waals surface area (Å²) in [6.07, 6.45) is 9.10. The molecule has 0 saturated carbocycles. The lowest BCUT2D eigenvalue weighted by atomic mass is 9.63. The van der Waals surface area contributed by atoms with Gasteiger partial charge in [-0.1, -0.05) is 206 Å². The molecular formula is C70H50O2S. The van der Waals surface area contributed by atoms with Crippen LogP contribution in [0.1, 0.15) is 80.6 Å². The van der Waals surface area contributed by atoms with Crippen molar-refractivity contribution in [3.8, 4) is 35.2 Å². The van der Waals surface area contributed by atoms with E-state index >= 15 is 0 Å². The van der Waals surface area contributed by atoms with Crippen molar-refractivity contribution in [1.29, 1.82) is 0 Å². The van der Waals surface area contributed by atoms with Crippen LogP contribution < -0.4 is 9.47 Å². The minimum absolute atomic E-state index is 0.368. The first-order chi connectivity index (χ1) is 36.1. The van der Waals surface area contributed by atoms with Gasteiger partial charge in [0.15, 0.2) is 0 Å². The van der Waals surface area contributed by atoms with Crippen LogP contribution in [0.2, 0.25) is 0 Å². The lowest BCUT2D eigenvalue weighted by Gasteiger charge is -2.38. The fourth-order valence-corrected chi connectivity index (χ4v) is 12.1. The van der Waals surface area contributed by atoms with Gasteiger partial charge in [0.25, 0.3) is 0 Å². The Morgan fingerprint density at radius 2 is 0.658 bits per heavy atom. The van der Waals surface area contributed by atoms with Crippen molar-refractivity contribution in [2.45, 2.75) is 34.5 Å². The average Bonchev–Trinajstić information content (AvgIpc) is 3.69. The van der Waals surface area contributed by atoms with Crippen LogP contribution in [0.25, 0.3) is 45.8 Å². The van der Waals surface area contributed by atoms with E-state index in [1.165, 1.54) is 76.6 Å². The number of hydrogen-bond donors (Lipinski definition) is 0. The topological polar surface area (TPSA) is 18.5 Å². The molecule has 10 aromatic carbocycles. The summed E-state index contributed by atoms with van der Waals surface area (Å²) in [6, 6.07) is 80.6. The van der Waals surface area contributed by atoms with Crippen molar-refractivity contribution in [3.63, 3.8) is 0 Å². The standard InChI is InChI=1S/C70H50O2S/c1-3-5-43-71-61-37-29-53-45-59(31-27-55(53)47-61)69(65-19-11-7-15-49(65)23-24-50-16-8-12-20-66(50)69)57-33-39-63(40-34-57)73-64-41-35-58(36-42-64)70(60-32-28-56-48-62(72-44-6-4-2)38-30-54(56)46-60)67-21-13-9-17-51(67)25-26-52-18-10-14-22-68(52)70/h7-42,45-48H,43-44H2,1-2H3. The third-order valence-electron chi connectivity index (χ3n) is 14.6. The largest absolute Gasteiger partial charge is 0.481 e. The van der Waals surface area contributed by atoms with Gasteiger partial charge in [-0.15, -0.1) is 11.8 Å². The Kier molecular flexibility index (Phi) is 12.1. The first-order valence-corrected chi connectivity index (χ1v) is 25.6. The van der Waals surface area contributed by atoms with E-state index in [0.29, 0.717) is 13.2 Å². The second-order valence-corrected chi connectivity index (χ2v) is 19.7. The summed E-state index contributed by atoms with van der Waals surface area (Å²) in [4.78, 5) is 2.34. The maximum absolute atomic E-state index is 5.97. The molecule has 0 bridgehead atoms. The van der Waals surface area contributed by atoms with Gasteiger partial charge < -0.3 is 9.47 Å². The molecule has 0 heterocycles. The van der Waals surface area contributed by atoms with E-state index in [9.17, 15) is 0 Å². The summed E-state index contributed by atoms with van der Waals surface area (Å²) in [6.45, 7) is 4.40. The van der Waals surface area contributed by atoms with Gasteiger partial charge in [0.05, 0.1) is 10.8 Å². The summed E-state index contributed by atoms with van der Waals surface area (Å²) in [5, 5.41) is 4.55. The summed E-state index contributed by atoms with van der Waals surface area (Å²) < 4.78 is 11.9. The highest BCUT2D eigenvalue weighted by Gasteiger charge is 2.43. The zero-order valence-electron chi connectivity index (χ0n) is 40.7. The van der Waals surface area contributed by atoms with E-state index in [1.807, 2.05) is 13.8 Å². The lowest BCUT2D eigenvalue weighted by molar-refractivity contribution is 0.370. The minimum atomic E-state index is -0.612. The summed E-state index contributed by atoms with van der Waals surface area (Å²) in [7, 11) is 0. The predicted octanol–water partition coefficient (Wildman–Crippen LogP) is 16.7. The van der Waals surface area contributed by atoms with Gasteiger partial charge >= 0.3 is 0 Å². The fourth-order valence-electron chi connectivity index (χ4n) is 11.3. The van der Waals surface area contributed by atoms with E-state index in [1.54, 1.807) is 11.8 Å². The van der Waals surface area contributed by atoms with Gasteiger partial charge in [-0.25, -0.2) is 0 Å². The van der Waals surface area contributed by atoms with Crippen LogP contribution in [-0.2, 0) is 10.8 Å². The number of rotatable bonds is 10. The Hall–Kier alpha value is -8.73. The molecule has 0 fully saturated rings. The van der Waals surface area contributed by atoms with E-state index < -0.39 is 10.8 Å². The number of ether oxygens (including phenoxy) is 2. The number of fused-ring (bicyclic) bond motifs is 6. The highest BCUT2D eigenvalue weighted by atomic mass is 32.2. The molecule has 73 heavy (non-hydrogen) atoms. The summed E-state index contributed by atoms with van der Waals surface area (Å²) in [5.74, 6) is 13.5. The fraction of sp³-hybridized carbons (Fsp3) is 0.0857. The zero-order chi connectivity index (χ0) is 49.2. The molecule has 0 N–H and O–H groups in total. The maximum Gasteiger partial charge on any atom is 0.149 e. The molecule has 348 valence electrons. The molecule has 0 radical (unpaired) electrons. The molecule has 12 rings (SSSR count). The smallest absolute Gasteiger partial charge is 0.149 e. The van der Waals surface area contributed by atoms with Crippen LogP contribution in [0.4, 0.5) is 0 Å². The van der Waals surface area contributed by atoms with Crippen LogP contribution >= 0.6 is 11.8 Å². The Balaban J connectivity index is 0.944. The van der Waals surface area contributed by atoms with Crippen LogP contribution in [-0.4, -0.2) is 13.2 Å². The molecule has 0 unspecified atom stereocenters. The Labute approximate surface area is 432 Å². The zero-order valence-corrected chi connectivity index (χ0v) is 41.5. The van der Waals surface area contributed by atoms with Crippen LogP contribution in [0, 0.1) is 23.7 Å². The van der Waals surface area contributed by atoms with Gasteiger partial charge in [0.1, 0.15) is 24.7 Å². The van der Waals surface area contributed by atoms with Crippen molar-refractivity contribution in [2.24, 2.45) is 0 Å². The molecule has 3 heteroatoms. The Morgan fingerprint density at radius 3 is 1.01 bits per heavy atom. The maximum atomic E-state index is 5.97. The van der Waals surface area contributed by atoms with Gasteiger partial charge in [-0.05, 0) is 163 Å². The lowest BCUT2D eigenvalue weighted by Crippen LogP contribution is -2.32. The van der Waals surface area contributed by atoms with Gasteiger partial charge in [-0.2, -0.15) is 0 Å². The quantitative estimate of drug-likeness (QED) is 0.127. The predicted molar refractivity (Wildman–Crippen MR) is 304 cm³/mol. The highest BCUT2D eigenvalue weighted by molar-refractivity contribution is 7.99. The third kappa shape index (κ3) is 8.10. The van der Waals surface area contributed by atoms with E-state index in [0.717, 1.165) is 33.0 Å². The van der Waals surface area contributed by atoms with E-state index in [-0.39, 0.29) is 0 Å². The van der Waals surface area contributed by atoms with Crippen LogP contribution in [0.5, 0.6) is 11.5 Å².